The van der Waals surface area contributed by atoms with Crippen LogP contribution in [0.5, 0.6) is 0 Å². The zero-order chi connectivity index (χ0) is 15.0. The quantitative estimate of drug-likeness (QED) is 0.700. The molecule has 3 rings (SSSR count). The largest absolute Gasteiger partial charge is 0.382 e. The Morgan fingerprint density at radius 2 is 1.67 bits per heavy atom. The molecular weight excluding hydrogens is 290 g/mol. The molecule has 0 aliphatic carbocycles. The number of nitriles is 1. The number of nitrogens with zero attached hydrogens (tertiary/aromatic N) is 5. The number of hydrogen-bond donors (Lipinski definition) is 2. The lowest BCUT2D eigenvalue weighted by molar-refractivity contribution is 1.15. The van der Waals surface area contributed by atoms with E-state index < -0.39 is 0 Å². The average molecular weight is 298 g/mol. The molecular formula is C13H8ClN7. The van der Waals surface area contributed by atoms with E-state index in [9.17, 15) is 0 Å². The van der Waals surface area contributed by atoms with Crippen molar-refractivity contribution in [2.45, 2.75) is 0 Å². The fraction of sp³-hybridized carbons (Fsp3) is 0. The third-order valence-corrected chi connectivity index (χ3v) is 3.05. The summed E-state index contributed by atoms with van der Waals surface area (Å²) in [5.41, 5.74) is 12.7. The highest BCUT2D eigenvalue weighted by Crippen LogP contribution is 2.23. The Morgan fingerprint density at radius 3 is 2.33 bits per heavy atom. The van der Waals surface area contributed by atoms with Crippen molar-refractivity contribution >= 4 is 34.4 Å². The van der Waals surface area contributed by atoms with E-state index in [0.717, 1.165) is 5.56 Å². The molecule has 0 fully saturated rings. The lowest BCUT2D eigenvalue weighted by Crippen LogP contribution is -2.05. The molecule has 0 saturated heterocycles. The van der Waals surface area contributed by atoms with Crippen LogP contribution in [0.3, 0.4) is 0 Å². The first-order chi connectivity index (χ1) is 10.1. The second-order valence-corrected chi connectivity index (χ2v) is 4.62. The van der Waals surface area contributed by atoms with Crippen LogP contribution in [0.4, 0.5) is 11.6 Å². The number of benzene rings is 1. The van der Waals surface area contributed by atoms with Crippen LogP contribution in [0, 0.1) is 11.3 Å². The van der Waals surface area contributed by atoms with Gasteiger partial charge in [0.1, 0.15) is 6.07 Å². The van der Waals surface area contributed by atoms with E-state index in [1.54, 1.807) is 24.3 Å². The summed E-state index contributed by atoms with van der Waals surface area (Å²) in [5, 5.41) is 9.51. The molecule has 0 amide bonds. The van der Waals surface area contributed by atoms with Gasteiger partial charge in [0.15, 0.2) is 34.3 Å². The second kappa shape index (κ2) is 4.85. The number of nitrogens with two attached hydrogens (primary N) is 2. The van der Waals surface area contributed by atoms with Crippen molar-refractivity contribution in [2.24, 2.45) is 0 Å². The standard InChI is InChI=1S/C13H8ClN7/c14-7-3-1-6(2-4-7)12-20-11(17)9-13(21-12)19-10(16)8(5-15)18-9/h1-4H,(H4,16,17,19,20,21). The Hall–Kier alpha value is -2.98. The minimum absolute atomic E-state index is 0.00274. The summed E-state index contributed by atoms with van der Waals surface area (Å²) in [5.74, 6) is 0.522. The fourth-order valence-corrected chi connectivity index (χ4v) is 1.92. The third-order valence-electron chi connectivity index (χ3n) is 2.79. The van der Waals surface area contributed by atoms with E-state index in [2.05, 4.69) is 19.9 Å². The maximum Gasteiger partial charge on any atom is 0.186 e. The fourth-order valence-electron chi connectivity index (χ4n) is 1.79. The normalized spacial score (nSPS) is 10.5. The van der Waals surface area contributed by atoms with E-state index in [4.69, 9.17) is 28.3 Å². The molecule has 0 aliphatic rings. The van der Waals surface area contributed by atoms with Crippen LogP contribution >= 0.6 is 11.6 Å². The summed E-state index contributed by atoms with van der Waals surface area (Å²) < 4.78 is 0. The number of anilines is 2. The Labute approximate surface area is 124 Å². The van der Waals surface area contributed by atoms with E-state index in [1.165, 1.54) is 0 Å². The maximum absolute atomic E-state index is 8.90. The van der Waals surface area contributed by atoms with Crippen molar-refractivity contribution < 1.29 is 0 Å². The van der Waals surface area contributed by atoms with E-state index in [-0.39, 0.29) is 28.5 Å². The summed E-state index contributed by atoms with van der Waals surface area (Å²) in [4.78, 5) is 16.5. The smallest absolute Gasteiger partial charge is 0.186 e. The van der Waals surface area contributed by atoms with Gasteiger partial charge in [0.25, 0.3) is 0 Å². The van der Waals surface area contributed by atoms with Gasteiger partial charge in [-0.25, -0.2) is 19.9 Å². The Kier molecular flexibility index (Phi) is 3.01. The monoisotopic (exact) mass is 297 g/mol. The molecule has 1 aromatic carbocycles. The molecule has 21 heavy (non-hydrogen) atoms. The number of rotatable bonds is 1. The molecule has 0 saturated carbocycles. The molecule has 0 radical (unpaired) electrons. The van der Waals surface area contributed by atoms with Gasteiger partial charge in [0, 0.05) is 10.6 Å². The highest BCUT2D eigenvalue weighted by atomic mass is 35.5. The van der Waals surface area contributed by atoms with Crippen LogP contribution in [0.15, 0.2) is 24.3 Å². The molecule has 0 spiro atoms. The first-order valence-electron chi connectivity index (χ1n) is 5.85. The summed E-state index contributed by atoms with van der Waals surface area (Å²) in [7, 11) is 0. The number of hydrogen-bond acceptors (Lipinski definition) is 7. The topological polar surface area (TPSA) is 127 Å². The van der Waals surface area contributed by atoms with E-state index in [1.807, 2.05) is 6.07 Å². The minimum atomic E-state index is -0.00274. The van der Waals surface area contributed by atoms with E-state index >= 15 is 0 Å². The van der Waals surface area contributed by atoms with Gasteiger partial charge >= 0.3 is 0 Å². The van der Waals surface area contributed by atoms with Crippen LogP contribution in [0.2, 0.25) is 5.02 Å². The molecule has 0 aliphatic heterocycles. The zero-order valence-corrected chi connectivity index (χ0v) is 11.3. The molecule has 0 unspecified atom stereocenters. The van der Waals surface area contributed by atoms with Gasteiger partial charge in [-0.2, -0.15) is 5.26 Å². The van der Waals surface area contributed by atoms with Crippen molar-refractivity contribution in [3.63, 3.8) is 0 Å². The van der Waals surface area contributed by atoms with Crippen molar-refractivity contribution in [3.05, 3.63) is 35.0 Å². The van der Waals surface area contributed by atoms with Gasteiger partial charge in [0.2, 0.25) is 0 Å². The van der Waals surface area contributed by atoms with Crippen LogP contribution in [-0.4, -0.2) is 19.9 Å². The maximum atomic E-state index is 8.90. The molecule has 3 aromatic rings. The van der Waals surface area contributed by atoms with Crippen LogP contribution in [-0.2, 0) is 0 Å². The van der Waals surface area contributed by atoms with Crippen molar-refractivity contribution in [1.82, 2.24) is 19.9 Å². The van der Waals surface area contributed by atoms with Crippen molar-refractivity contribution in [2.75, 3.05) is 11.5 Å². The molecule has 2 heterocycles. The van der Waals surface area contributed by atoms with Gasteiger partial charge < -0.3 is 11.5 Å². The molecule has 0 atom stereocenters. The van der Waals surface area contributed by atoms with Crippen molar-refractivity contribution in [1.29, 1.82) is 5.26 Å². The predicted molar refractivity (Wildman–Crippen MR) is 79.1 cm³/mol. The second-order valence-electron chi connectivity index (χ2n) is 4.18. The van der Waals surface area contributed by atoms with Crippen molar-refractivity contribution in [3.8, 4) is 17.5 Å². The van der Waals surface area contributed by atoms with Gasteiger partial charge in [-0.1, -0.05) is 11.6 Å². The van der Waals surface area contributed by atoms with Crippen LogP contribution < -0.4 is 11.5 Å². The first kappa shape index (κ1) is 13.0. The van der Waals surface area contributed by atoms with Crippen LogP contribution in [0.1, 0.15) is 5.69 Å². The highest BCUT2D eigenvalue weighted by molar-refractivity contribution is 6.30. The summed E-state index contributed by atoms with van der Waals surface area (Å²) >= 11 is 5.84. The number of nitrogen functional groups attached to an aromatic ring is 2. The number of aromatic nitrogens is 4. The Morgan fingerprint density at radius 1 is 0.952 bits per heavy atom. The molecule has 8 heteroatoms. The van der Waals surface area contributed by atoms with Gasteiger partial charge in [-0.15, -0.1) is 0 Å². The number of fused-ring (bicyclic) bond motifs is 1. The molecule has 0 bridgehead atoms. The molecule has 102 valence electrons. The van der Waals surface area contributed by atoms with Gasteiger partial charge in [-0.05, 0) is 24.3 Å². The predicted octanol–water partition coefficient (Wildman–Crippen LogP) is 1.78. The summed E-state index contributed by atoms with van der Waals surface area (Å²) in [6, 6.07) is 8.82. The average Bonchev–Trinajstić information content (AvgIpc) is 2.47. The lowest BCUT2D eigenvalue weighted by atomic mass is 10.2. The summed E-state index contributed by atoms with van der Waals surface area (Å²) in [6.07, 6.45) is 0. The lowest BCUT2D eigenvalue weighted by Gasteiger charge is -2.05. The third kappa shape index (κ3) is 2.28. The van der Waals surface area contributed by atoms with Gasteiger partial charge in [0.05, 0.1) is 0 Å². The van der Waals surface area contributed by atoms with Crippen LogP contribution in [0.25, 0.3) is 22.6 Å². The van der Waals surface area contributed by atoms with Gasteiger partial charge in [-0.3, -0.25) is 0 Å². The Balaban J connectivity index is 2.24. The summed E-state index contributed by atoms with van der Waals surface area (Å²) in [6.45, 7) is 0. The Bertz CT molecular complexity index is 884. The molecule has 7 nitrogen and oxygen atoms in total. The first-order valence-corrected chi connectivity index (χ1v) is 6.23. The zero-order valence-electron chi connectivity index (χ0n) is 10.6. The number of halogens is 1. The SMILES string of the molecule is N#Cc1nc2c(N)nc(-c3ccc(Cl)cc3)nc2nc1N. The highest BCUT2D eigenvalue weighted by Gasteiger charge is 2.13. The minimum Gasteiger partial charge on any atom is -0.382 e. The van der Waals surface area contributed by atoms with E-state index in [0.29, 0.717) is 10.8 Å². The molecule has 2 aromatic heterocycles. The molecule has 4 N–H and O–H groups in total.